The molecule has 1 amide bonds. The molecule has 0 saturated carbocycles. The van der Waals surface area contributed by atoms with Gasteiger partial charge in [-0.15, -0.1) is 0 Å². The lowest BCUT2D eigenvalue weighted by atomic mass is 10.0. The molecule has 0 aromatic heterocycles. The summed E-state index contributed by atoms with van der Waals surface area (Å²) < 4.78 is 10.5. The topological polar surface area (TPSA) is 72.9 Å². The Labute approximate surface area is 125 Å². The molecule has 0 N–H and O–H groups in total. The first-order valence-corrected chi connectivity index (χ1v) is 7.16. The van der Waals surface area contributed by atoms with Crippen molar-refractivity contribution in [3.63, 3.8) is 0 Å². The number of carbonyl (C=O) groups is 3. The van der Waals surface area contributed by atoms with Gasteiger partial charge in [-0.2, -0.15) is 0 Å². The lowest BCUT2D eigenvalue weighted by molar-refractivity contribution is -0.164. The fraction of sp³-hybridized carbons (Fsp3) is 0.800. The normalized spacial score (nSPS) is 20.2. The van der Waals surface area contributed by atoms with Crippen molar-refractivity contribution < 1.29 is 23.9 Å². The van der Waals surface area contributed by atoms with Crippen molar-refractivity contribution in [2.45, 2.75) is 71.6 Å². The van der Waals surface area contributed by atoms with Crippen LogP contribution in [0.3, 0.4) is 0 Å². The molecular weight excluding hydrogens is 274 g/mol. The van der Waals surface area contributed by atoms with Crippen molar-refractivity contribution >= 4 is 17.8 Å². The molecule has 1 heterocycles. The van der Waals surface area contributed by atoms with Gasteiger partial charge in [-0.25, -0.2) is 9.59 Å². The Morgan fingerprint density at radius 1 is 1.05 bits per heavy atom. The highest BCUT2D eigenvalue weighted by molar-refractivity contribution is 6.05. The Balaban J connectivity index is 2.91. The van der Waals surface area contributed by atoms with Crippen LogP contribution in [0, 0.1) is 0 Å². The van der Waals surface area contributed by atoms with Crippen LogP contribution in [0.2, 0.25) is 0 Å². The first-order valence-electron chi connectivity index (χ1n) is 7.16. The van der Waals surface area contributed by atoms with Gasteiger partial charge in [-0.3, -0.25) is 9.69 Å². The van der Waals surface area contributed by atoms with Crippen LogP contribution in [-0.2, 0) is 19.1 Å². The zero-order valence-corrected chi connectivity index (χ0v) is 13.7. The maximum atomic E-state index is 12.2. The summed E-state index contributed by atoms with van der Waals surface area (Å²) in [6, 6.07) is -1.20. The molecule has 120 valence electrons. The van der Waals surface area contributed by atoms with Crippen molar-refractivity contribution in [1.82, 2.24) is 4.90 Å². The van der Waals surface area contributed by atoms with Gasteiger partial charge in [0.05, 0.1) is 0 Å². The monoisotopic (exact) mass is 299 g/mol. The van der Waals surface area contributed by atoms with E-state index in [0.717, 1.165) is 0 Å². The quantitative estimate of drug-likeness (QED) is 0.548. The second-order valence-corrected chi connectivity index (χ2v) is 7.18. The van der Waals surface area contributed by atoms with Crippen molar-refractivity contribution in [3.05, 3.63) is 0 Å². The van der Waals surface area contributed by atoms with Crippen LogP contribution in [0.5, 0.6) is 0 Å². The third-order valence-electron chi connectivity index (χ3n) is 2.70. The minimum absolute atomic E-state index is 0.267. The van der Waals surface area contributed by atoms with Gasteiger partial charge >= 0.3 is 12.1 Å². The average Bonchev–Trinajstić information content (AvgIpc) is 2.23. The van der Waals surface area contributed by atoms with Crippen LogP contribution in [0.15, 0.2) is 0 Å². The zero-order chi connectivity index (χ0) is 16.4. The van der Waals surface area contributed by atoms with Crippen molar-refractivity contribution in [3.8, 4) is 0 Å². The average molecular weight is 299 g/mol. The highest BCUT2D eigenvalue weighted by Gasteiger charge is 2.42. The molecule has 0 bridgehead atoms. The first-order chi connectivity index (χ1) is 9.41. The number of amides is 1. The van der Waals surface area contributed by atoms with Crippen LogP contribution in [0.1, 0.15) is 54.4 Å². The third kappa shape index (κ3) is 5.36. The molecule has 0 spiro atoms. The molecule has 1 saturated heterocycles. The SMILES string of the molecule is CC(C)(C)OC(=O)C1C(=O)CCCN1C(=O)OC(C)(C)C. The van der Waals surface area contributed by atoms with Gasteiger partial charge in [-0.05, 0) is 48.0 Å². The highest BCUT2D eigenvalue weighted by atomic mass is 16.6. The number of rotatable bonds is 1. The van der Waals surface area contributed by atoms with Crippen molar-refractivity contribution in [2.75, 3.05) is 6.54 Å². The summed E-state index contributed by atoms with van der Waals surface area (Å²) in [5, 5.41) is 0. The number of carbonyl (C=O) groups excluding carboxylic acids is 3. The van der Waals surface area contributed by atoms with Gasteiger partial charge in [0.25, 0.3) is 0 Å². The van der Waals surface area contributed by atoms with Crippen LogP contribution in [-0.4, -0.2) is 46.5 Å². The van der Waals surface area contributed by atoms with Gasteiger partial charge in [-0.1, -0.05) is 0 Å². The first kappa shape index (κ1) is 17.5. The van der Waals surface area contributed by atoms with Crippen LogP contribution < -0.4 is 0 Å². The molecule has 0 aromatic rings. The highest BCUT2D eigenvalue weighted by Crippen LogP contribution is 2.21. The van der Waals surface area contributed by atoms with Gasteiger partial charge in [0, 0.05) is 13.0 Å². The molecule has 6 nitrogen and oxygen atoms in total. The number of Topliss-reactive ketones (excluding diaryl/α,β-unsaturated/α-hetero) is 1. The Hall–Kier alpha value is -1.59. The summed E-state index contributed by atoms with van der Waals surface area (Å²) in [5.41, 5.74) is -1.40. The molecular formula is C15H25NO5. The number of likely N-dealkylation sites (tertiary alicyclic amines) is 1. The number of hydrogen-bond acceptors (Lipinski definition) is 5. The largest absolute Gasteiger partial charge is 0.458 e. The molecule has 0 aliphatic carbocycles. The molecule has 1 atom stereocenters. The predicted molar refractivity (Wildman–Crippen MR) is 76.8 cm³/mol. The lowest BCUT2D eigenvalue weighted by Gasteiger charge is -2.35. The van der Waals surface area contributed by atoms with E-state index in [0.29, 0.717) is 13.0 Å². The molecule has 1 unspecified atom stereocenters. The van der Waals surface area contributed by atoms with Gasteiger partial charge in [0.1, 0.15) is 11.2 Å². The second-order valence-electron chi connectivity index (χ2n) is 7.18. The fourth-order valence-corrected chi connectivity index (χ4v) is 2.00. The van der Waals surface area contributed by atoms with Crippen LogP contribution >= 0.6 is 0 Å². The summed E-state index contributed by atoms with van der Waals surface area (Å²) in [4.78, 5) is 37.6. The van der Waals surface area contributed by atoms with Gasteiger partial charge in [0.2, 0.25) is 0 Å². The van der Waals surface area contributed by atoms with Crippen LogP contribution in [0.25, 0.3) is 0 Å². The Kier molecular flexibility index (Phi) is 5.02. The fourth-order valence-electron chi connectivity index (χ4n) is 2.00. The van der Waals surface area contributed by atoms with Crippen molar-refractivity contribution in [2.24, 2.45) is 0 Å². The smallest absolute Gasteiger partial charge is 0.411 e. The minimum Gasteiger partial charge on any atom is -0.458 e. The van der Waals surface area contributed by atoms with E-state index in [1.807, 2.05) is 0 Å². The standard InChI is InChI=1S/C15H25NO5/c1-14(2,3)20-12(18)11-10(17)8-7-9-16(11)13(19)21-15(4,5)6/h11H,7-9H2,1-6H3. The van der Waals surface area contributed by atoms with E-state index >= 15 is 0 Å². The van der Waals surface area contributed by atoms with E-state index in [1.54, 1.807) is 41.5 Å². The summed E-state index contributed by atoms with van der Waals surface area (Å²) in [5.74, 6) is -1.00. The van der Waals surface area contributed by atoms with Crippen LogP contribution in [0.4, 0.5) is 4.79 Å². The maximum absolute atomic E-state index is 12.2. The van der Waals surface area contributed by atoms with E-state index in [4.69, 9.17) is 9.47 Å². The second kappa shape index (κ2) is 6.03. The summed E-state index contributed by atoms with van der Waals surface area (Å²) in [6.45, 7) is 10.7. The van der Waals surface area contributed by atoms with E-state index in [2.05, 4.69) is 0 Å². The van der Waals surface area contributed by atoms with E-state index in [-0.39, 0.29) is 12.2 Å². The predicted octanol–water partition coefficient (Wildman–Crippen LogP) is 2.30. The zero-order valence-electron chi connectivity index (χ0n) is 13.7. The Morgan fingerprint density at radius 2 is 1.57 bits per heavy atom. The number of nitrogens with zero attached hydrogens (tertiary/aromatic N) is 1. The summed E-state index contributed by atoms with van der Waals surface area (Å²) >= 11 is 0. The van der Waals surface area contributed by atoms with Crippen molar-refractivity contribution in [1.29, 1.82) is 0 Å². The summed E-state index contributed by atoms with van der Waals surface area (Å²) in [7, 11) is 0. The molecule has 1 rings (SSSR count). The summed E-state index contributed by atoms with van der Waals surface area (Å²) in [6.07, 6.45) is 0.132. The Morgan fingerprint density at radius 3 is 2.05 bits per heavy atom. The lowest BCUT2D eigenvalue weighted by Crippen LogP contribution is -2.55. The number of esters is 1. The Bertz CT molecular complexity index is 430. The molecule has 1 fully saturated rings. The maximum Gasteiger partial charge on any atom is 0.411 e. The molecule has 0 aromatic carbocycles. The van der Waals surface area contributed by atoms with Gasteiger partial charge < -0.3 is 9.47 Å². The van der Waals surface area contributed by atoms with E-state index < -0.39 is 29.3 Å². The number of ether oxygens (including phenoxy) is 2. The van der Waals surface area contributed by atoms with E-state index in [9.17, 15) is 14.4 Å². The molecule has 6 heteroatoms. The third-order valence-corrected chi connectivity index (χ3v) is 2.70. The number of hydrogen-bond donors (Lipinski definition) is 0. The van der Waals surface area contributed by atoms with Gasteiger partial charge in [0.15, 0.2) is 11.8 Å². The number of ketones is 1. The number of piperidine rings is 1. The molecule has 21 heavy (non-hydrogen) atoms. The molecule has 0 radical (unpaired) electrons. The molecule has 1 aliphatic heterocycles. The van der Waals surface area contributed by atoms with E-state index in [1.165, 1.54) is 4.90 Å². The minimum atomic E-state index is -1.20. The molecule has 1 aliphatic rings.